The second kappa shape index (κ2) is 13.3. The average molecular weight is 605 g/mol. The Kier molecular flexibility index (Phi) is 9.83. The summed E-state index contributed by atoms with van der Waals surface area (Å²) >= 11 is 0. The van der Waals surface area contributed by atoms with Gasteiger partial charge in [-0.2, -0.15) is 4.31 Å². The van der Waals surface area contributed by atoms with Crippen LogP contribution in [0.4, 0.5) is 0 Å². The Labute approximate surface area is 243 Å². The molecule has 0 atom stereocenters. The molecule has 0 bridgehead atoms. The Balaban J connectivity index is 1.73. The third-order valence-corrected chi connectivity index (χ3v) is 9.35. The maximum Gasteiger partial charge on any atom is 0.294 e. The predicted octanol–water partition coefficient (Wildman–Crippen LogP) is 3.55. The highest BCUT2D eigenvalue weighted by Crippen LogP contribution is 2.33. The number of aryl methyl sites for hydroxylation is 2. The topological polar surface area (TPSA) is 182 Å². The number of H-pyrrole nitrogens is 1. The van der Waals surface area contributed by atoms with Gasteiger partial charge in [0.2, 0.25) is 10.0 Å². The Morgan fingerprint density at radius 1 is 1.24 bits per heavy atom. The summed E-state index contributed by atoms with van der Waals surface area (Å²) in [6.45, 7) is 6.59. The van der Waals surface area contributed by atoms with Gasteiger partial charge in [0.25, 0.3) is 10.6 Å². The van der Waals surface area contributed by atoms with Crippen molar-refractivity contribution in [2.75, 3.05) is 26.3 Å². The number of hydrogen-bond acceptors (Lipinski definition) is 10. The molecule has 4 rings (SSSR count). The molecule has 228 valence electrons. The first-order chi connectivity index (χ1) is 20.1. The van der Waals surface area contributed by atoms with E-state index >= 15 is 0 Å². The quantitative estimate of drug-likeness (QED) is 0.128. The van der Waals surface area contributed by atoms with Gasteiger partial charge in [0.1, 0.15) is 11.3 Å². The fourth-order valence-corrected chi connectivity index (χ4v) is 6.82. The van der Waals surface area contributed by atoms with Crippen molar-refractivity contribution in [3.05, 3.63) is 55.5 Å². The molecule has 1 aliphatic rings. The Bertz CT molecular complexity index is 1620. The number of ether oxygens (including phenoxy) is 1. The Morgan fingerprint density at radius 3 is 2.62 bits per heavy atom. The summed E-state index contributed by atoms with van der Waals surface area (Å²) in [7, 11) is -3.90. The number of nitrogens with zero attached hydrogens (tertiary/aromatic N) is 5. The summed E-state index contributed by atoms with van der Waals surface area (Å²) in [6.07, 6.45) is 4.91. The molecular weight excluding hydrogens is 568 g/mol. The molecule has 1 fully saturated rings. The summed E-state index contributed by atoms with van der Waals surface area (Å²) < 4.78 is 36.2. The van der Waals surface area contributed by atoms with Crippen LogP contribution >= 0.6 is 0 Å². The Hall–Kier alpha value is -3.98. The molecule has 3 heterocycles. The molecule has 1 aliphatic heterocycles. The maximum atomic E-state index is 13.7. The average Bonchev–Trinajstić information content (AvgIpc) is 3.23. The monoisotopic (exact) mass is 604 g/mol. The van der Waals surface area contributed by atoms with Crippen LogP contribution in [0.2, 0.25) is 0 Å². The summed E-state index contributed by atoms with van der Waals surface area (Å²) in [5.74, 6) is 0.641. The largest absolute Gasteiger partial charge is 0.493 e. The van der Waals surface area contributed by atoms with Crippen LogP contribution in [0.1, 0.15) is 62.8 Å². The molecule has 0 spiro atoms. The van der Waals surface area contributed by atoms with Crippen molar-refractivity contribution in [2.24, 2.45) is 11.1 Å². The van der Waals surface area contributed by atoms with Crippen LogP contribution in [-0.2, 0) is 21.3 Å². The zero-order chi connectivity index (χ0) is 30.4. The molecule has 1 saturated heterocycles. The van der Waals surface area contributed by atoms with E-state index in [1.807, 2.05) is 13.8 Å². The lowest BCUT2D eigenvalue weighted by atomic mass is 9.95. The minimum absolute atomic E-state index is 0.0161. The van der Waals surface area contributed by atoms with E-state index in [0.717, 1.165) is 6.42 Å². The summed E-state index contributed by atoms with van der Waals surface area (Å²) in [5, 5.41) is 26.7. The molecule has 0 amide bonds. The van der Waals surface area contributed by atoms with E-state index in [2.05, 4.69) is 15.0 Å². The van der Waals surface area contributed by atoms with Crippen LogP contribution in [-0.4, -0.2) is 70.1 Å². The third-order valence-electron chi connectivity index (χ3n) is 7.46. The van der Waals surface area contributed by atoms with Gasteiger partial charge in [0, 0.05) is 18.7 Å². The van der Waals surface area contributed by atoms with Crippen LogP contribution in [0.5, 0.6) is 5.75 Å². The van der Waals surface area contributed by atoms with Gasteiger partial charge in [-0.1, -0.05) is 25.4 Å². The minimum Gasteiger partial charge on any atom is -0.493 e. The standard InChI is InChI=1S/C27H36N6O8S/c1-4-6-23-22(17-28-35)18(3)25-27(34)29-26(30-32(23)25)21-16-20(7-8-24(21)40-14-5-2)42(38,39)31-12-9-19(10-13-31)11-15-41-33(36)37/h7-8,16-17,19,35H,4-6,9-15H2,1-3H3,(H,29,30,34)/b28-17+. The third kappa shape index (κ3) is 6.41. The molecule has 0 saturated carbocycles. The minimum atomic E-state index is -3.90. The van der Waals surface area contributed by atoms with Crippen molar-refractivity contribution in [1.29, 1.82) is 0 Å². The van der Waals surface area contributed by atoms with Crippen molar-refractivity contribution < 1.29 is 28.3 Å². The lowest BCUT2D eigenvalue weighted by Crippen LogP contribution is -2.38. The molecule has 0 radical (unpaired) electrons. The van der Waals surface area contributed by atoms with Gasteiger partial charge in [-0.05, 0) is 68.7 Å². The van der Waals surface area contributed by atoms with Crippen molar-refractivity contribution >= 4 is 21.8 Å². The van der Waals surface area contributed by atoms with Crippen LogP contribution in [0.3, 0.4) is 0 Å². The highest BCUT2D eigenvalue weighted by Gasteiger charge is 2.30. The van der Waals surface area contributed by atoms with Crippen LogP contribution in [0, 0.1) is 23.0 Å². The van der Waals surface area contributed by atoms with Crippen LogP contribution < -0.4 is 10.3 Å². The van der Waals surface area contributed by atoms with E-state index in [1.54, 1.807) is 13.0 Å². The van der Waals surface area contributed by atoms with Crippen molar-refractivity contribution in [1.82, 2.24) is 18.9 Å². The smallest absolute Gasteiger partial charge is 0.294 e. The number of nitrogens with one attached hydrogen (secondary N) is 1. The first-order valence-corrected chi connectivity index (χ1v) is 15.4. The molecule has 0 aliphatic carbocycles. The maximum absolute atomic E-state index is 13.7. The number of benzene rings is 1. The molecule has 15 heteroatoms. The van der Waals surface area contributed by atoms with E-state index in [4.69, 9.17) is 9.84 Å². The highest BCUT2D eigenvalue weighted by molar-refractivity contribution is 7.89. The number of piperidine rings is 1. The van der Waals surface area contributed by atoms with E-state index in [-0.39, 0.29) is 36.3 Å². The van der Waals surface area contributed by atoms with Gasteiger partial charge in [0.15, 0.2) is 5.82 Å². The molecule has 1 aromatic carbocycles. The fraction of sp³-hybridized carbons (Fsp3) is 0.519. The number of oxime groups is 1. The van der Waals surface area contributed by atoms with Gasteiger partial charge < -0.3 is 19.8 Å². The second-order valence-electron chi connectivity index (χ2n) is 10.2. The number of sulfonamides is 1. The van der Waals surface area contributed by atoms with Crippen LogP contribution in [0.15, 0.2) is 33.0 Å². The van der Waals surface area contributed by atoms with Gasteiger partial charge in [0.05, 0.1) is 35.6 Å². The summed E-state index contributed by atoms with van der Waals surface area (Å²) in [4.78, 5) is 31.0. The van der Waals surface area contributed by atoms with Gasteiger partial charge in [-0.25, -0.2) is 12.9 Å². The second-order valence-corrected chi connectivity index (χ2v) is 12.2. The van der Waals surface area contributed by atoms with Crippen molar-refractivity contribution in [3.8, 4) is 17.1 Å². The number of aromatic nitrogens is 3. The number of fused-ring (bicyclic) bond motifs is 1. The SMILES string of the molecule is CCCOc1ccc(S(=O)(=O)N2CCC(CCO[N+](=O)[O-])CC2)cc1-c1nn2c(CCC)c(/C=N/O)c(C)c2c(=O)[nH]1. The lowest BCUT2D eigenvalue weighted by molar-refractivity contribution is -0.758. The van der Waals surface area contributed by atoms with Crippen molar-refractivity contribution in [2.45, 2.75) is 64.2 Å². The van der Waals surface area contributed by atoms with Crippen LogP contribution in [0.25, 0.3) is 16.9 Å². The number of aromatic amines is 1. The van der Waals surface area contributed by atoms with E-state index in [9.17, 15) is 28.5 Å². The molecular formula is C27H36N6O8S. The first kappa shape index (κ1) is 31.0. The molecule has 2 aromatic heterocycles. The van der Waals surface area contributed by atoms with Crippen molar-refractivity contribution in [3.63, 3.8) is 0 Å². The molecule has 14 nitrogen and oxygen atoms in total. The molecule has 42 heavy (non-hydrogen) atoms. The summed E-state index contributed by atoms with van der Waals surface area (Å²) in [5.41, 5.74) is 2.11. The van der Waals surface area contributed by atoms with E-state index < -0.39 is 20.7 Å². The summed E-state index contributed by atoms with van der Waals surface area (Å²) in [6, 6.07) is 4.52. The van der Waals surface area contributed by atoms with Gasteiger partial charge >= 0.3 is 0 Å². The zero-order valence-corrected chi connectivity index (χ0v) is 24.7. The zero-order valence-electron chi connectivity index (χ0n) is 23.9. The first-order valence-electron chi connectivity index (χ1n) is 14.0. The van der Waals surface area contributed by atoms with E-state index in [0.29, 0.717) is 72.4 Å². The number of rotatable bonds is 13. The fourth-order valence-electron chi connectivity index (χ4n) is 5.32. The normalized spacial score (nSPS) is 15.0. The Morgan fingerprint density at radius 2 is 1.98 bits per heavy atom. The molecule has 0 unspecified atom stereocenters. The van der Waals surface area contributed by atoms with Gasteiger partial charge in [-0.3, -0.25) is 4.79 Å². The molecule has 3 aromatic rings. The molecule has 2 N–H and O–H groups in total. The van der Waals surface area contributed by atoms with E-state index in [1.165, 1.54) is 27.2 Å². The lowest BCUT2D eigenvalue weighted by Gasteiger charge is -2.31. The predicted molar refractivity (Wildman–Crippen MR) is 154 cm³/mol. The highest BCUT2D eigenvalue weighted by atomic mass is 32.2. The number of hydrogen-bond donors (Lipinski definition) is 2. The van der Waals surface area contributed by atoms with Gasteiger partial charge in [-0.15, -0.1) is 15.2 Å².